The number of esters is 1. The highest BCUT2D eigenvalue weighted by molar-refractivity contribution is 7.49. The number of hydrogen-bond acceptors (Lipinski definition) is 8. The fourth-order valence-electron chi connectivity index (χ4n) is 3.80. The van der Waals surface area contributed by atoms with Gasteiger partial charge in [0.1, 0.15) is 18.0 Å². The number of carbonyl (C=O) groups excluding carboxylic acids is 1. The molecule has 4 atom stereocenters. The molecule has 0 saturated carbocycles. The van der Waals surface area contributed by atoms with Crippen LogP contribution in [0.3, 0.4) is 0 Å². The number of ether oxygens (including phenoxy) is 2. The summed E-state index contributed by atoms with van der Waals surface area (Å²) >= 11 is 0. The van der Waals surface area contributed by atoms with Crippen molar-refractivity contribution < 1.29 is 37.5 Å². The van der Waals surface area contributed by atoms with Gasteiger partial charge < -0.3 is 19.1 Å². The first-order valence-corrected chi connectivity index (χ1v) is 12.4. The molecule has 180 valence electrons. The molecule has 3 rings (SSSR count). The molecule has 0 amide bonds. The molecule has 1 N–H and O–H groups in total. The predicted molar refractivity (Wildman–Crippen MR) is 118 cm³/mol. The fourth-order valence-corrected chi connectivity index (χ4v) is 5.14. The van der Waals surface area contributed by atoms with E-state index in [9.17, 15) is 14.5 Å². The van der Waals surface area contributed by atoms with E-state index in [-0.39, 0.29) is 24.0 Å². The van der Waals surface area contributed by atoms with Crippen LogP contribution in [0.25, 0.3) is 0 Å². The topological polar surface area (TPSA) is 101 Å². The van der Waals surface area contributed by atoms with E-state index in [1.165, 1.54) is 6.92 Å². The molecule has 0 aromatic heterocycles. The maximum absolute atomic E-state index is 13.4. The van der Waals surface area contributed by atoms with Crippen molar-refractivity contribution in [2.45, 2.75) is 97.2 Å². The van der Waals surface area contributed by atoms with Crippen LogP contribution in [0.15, 0.2) is 12.1 Å². The second-order valence-electron chi connectivity index (χ2n) is 10.4. The molecule has 8 nitrogen and oxygen atoms in total. The van der Waals surface area contributed by atoms with Gasteiger partial charge in [-0.3, -0.25) is 9.32 Å². The Kier molecular flexibility index (Phi) is 7.14. The minimum atomic E-state index is -3.97. The number of carbonyl (C=O) groups is 1. The van der Waals surface area contributed by atoms with E-state index in [1.807, 2.05) is 6.07 Å². The monoisotopic (exact) mass is 470 g/mol. The maximum Gasteiger partial charge on any atom is 0.532 e. The summed E-state index contributed by atoms with van der Waals surface area (Å²) in [6, 6.07) is 4.12. The average molecular weight is 470 g/mol. The van der Waals surface area contributed by atoms with Crippen LogP contribution in [0.2, 0.25) is 0 Å². The molecule has 32 heavy (non-hydrogen) atoms. The van der Waals surface area contributed by atoms with Crippen LogP contribution < -0.4 is 4.52 Å². The molecule has 1 saturated heterocycles. The van der Waals surface area contributed by atoms with Gasteiger partial charge in [-0.2, -0.15) is 0 Å². The van der Waals surface area contributed by atoms with Gasteiger partial charge in [0.2, 0.25) is 0 Å². The standard InChI is InChI=1S/C23H35O8P/c1-14(25)28-18-8-9-20(29-19(18)12-24)30-32(26)27-13-15-10-16(22(2,3)4)11-17(21(15)31-32)23(5,6)7/h10-11,18-20,24H,8-9,12-13H2,1-7H3/t18-,19+,20+,32?/m0/s1. The third-order valence-corrected chi connectivity index (χ3v) is 6.94. The second kappa shape index (κ2) is 9.07. The SMILES string of the molecule is CC(=O)O[C@H]1CC[C@@H](OP2(=O)OCc3cc(C(C)(C)C)cc(C(C)(C)C)c3O2)O[C@@H]1CO. The zero-order valence-electron chi connectivity index (χ0n) is 20.0. The summed E-state index contributed by atoms with van der Waals surface area (Å²) in [6.45, 7) is 13.7. The first-order valence-electron chi connectivity index (χ1n) is 11.0. The molecule has 1 aromatic rings. The Hall–Kier alpha value is -1.44. The van der Waals surface area contributed by atoms with Crippen LogP contribution in [0.1, 0.15) is 78.0 Å². The van der Waals surface area contributed by atoms with Crippen molar-refractivity contribution in [3.8, 4) is 5.75 Å². The molecule has 0 spiro atoms. The molecule has 1 aromatic carbocycles. The molecule has 2 aliphatic heterocycles. The molecular weight excluding hydrogens is 435 g/mol. The summed E-state index contributed by atoms with van der Waals surface area (Å²) in [6.07, 6.45) is -1.57. The Morgan fingerprint density at radius 1 is 1.16 bits per heavy atom. The predicted octanol–water partition coefficient (Wildman–Crippen LogP) is 4.74. The zero-order chi connectivity index (χ0) is 23.9. The lowest BCUT2D eigenvalue weighted by atomic mass is 9.79. The molecule has 1 fully saturated rings. The summed E-state index contributed by atoms with van der Waals surface area (Å²) in [7, 11) is -3.97. The van der Waals surface area contributed by atoms with Crippen molar-refractivity contribution in [3.63, 3.8) is 0 Å². The first kappa shape index (κ1) is 25.2. The van der Waals surface area contributed by atoms with Gasteiger partial charge in [0.05, 0.1) is 13.2 Å². The molecule has 1 unspecified atom stereocenters. The number of rotatable bonds is 4. The van der Waals surface area contributed by atoms with Gasteiger partial charge >= 0.3 is 13.8 Å². The minimum absolute atomic E-state index is 0.0690. The maximum atomic E-state index is 13.4. The van der Waals surface area contributed by atoms with Crippen LogP contribution >= 0.6 is 7.82 Å². The Bertz CT molecular complexity index is 898. The van der Waals surface area contributed by atoms with Gasteiger partial charge in [-0.25, -0.2) is 9.09 Å². The van der Waals surface area contributed by atoms with Crippen LogP contribution in [-0.2, 0) is 45.3 Å². The lowest BCUT2D eigenvalue weighted by Gasteiger charge is -2.37. The molecule has 2 heterocycles. The van der Waals surface area contributed by atoms with Gasteiger partial charge in [-0.05, 0) is 28.9 Å². The van der Waals surface area contributed by atoms with Gasteiger partial charge in [0.15, 0.2) is 6.29 Å². The van der Waals surface area contributed by atoms with Crippen LogP contribution in [0, 0.1) is 0 Å². The third-order valence-electron chi connectivity index (χ3n) is 5.59. The van der Waals surface area contributed by atoms with Crippen LogP contribution in [-0.4, -0.2) is 36.2 Å². The first-order chi connectivity index (χ1) is 14.7. The molecular formula is C23H35O8P. The Morgan fingerprint density at radius 2 is 1.84 bits per heavy atom. The summed E-state index contributed by atoms with van der Waals surface area (Å²) in [5, 5.41) is 9.61. The highest BCUT2D eigenvalue weighted by atomic mass is 31.2. The fraction of sp³-hybridized carbons (Fsp3) is 0.696. The van der Waals surface area contributed by atoms with E-state index < -0.39 is 32.3 Å². The van der Waals surface area contributed by atoms with E-state index >= 15 is 0 Å². The smallest absolute Gasteiger partial charge is 0.460 e. The van der Waals surface area contributed by atoms with E-state index in [0.29, 0.717) is 18.6 Å². The van der Waals surface area contributed by atoms with Crippen LogP contribution in [0.4, 0.5) is 0 Å². The van der Waals surface area contributed by atoms with E-state index in [0.717, 1.165) is 16.7 Å². The van der Waals surface area contributed by atoms with E-state index in [1.54, 1.807) is 0 Å². The van der Waals surface area contributed by atoms with Crippen molar-refractivity contribution in [3.05, 3.63) is 28.8 Å². The van der Waals surface area contributed by atoms with E-state index in [4.69, 9.17) is 23.0 Å². The van der Waals surface area contributed by atoms with E-state index in [2.05, 4.69) is 47.6 Å². The number of phosphoric ester groups is 1. The van der Waals surface area contributed by atoms with Gasteiger partial charge in [-0.15, -0.1) is 0 Å². The minimum Gasteiger partial charge on any atom is -0.460 e. The molecule has 0 radical (unpaired) electrons. The number of benzene rings is 1. The lowest BCUT2D eigenvalue weighted by molar-refractivity contribution is -0.213. The van der Waals surface area contributed by atoms with Gasteiger partial charge in [0.25, 0.3) is 0 Å². The summed E-state index contributed by atoms with van der Waals surface area (Å²) in [5.74, 6) is 0.0662. The molecule has 0 bridgehead atoms. The molecule has 2 aliphatic rings. The van der Waals surface area contributed by atoms with Crippen molar-refractivity contribution in [2.75, 3.05) is 6.61 Å². The number of fused-ring (bicyclic) bond motifs is 1. The number of aliphatic hydroxyl groups excluding tert-OH is 1. The summed E-state index contributed by atoms with van der Waals surface area (Å²) in [5.41, 5.74) is 2.57. The number of phosphoric acid groups is 1. The number of aliphatic hydroxyl groups is 1. The van der Waals surface area contributed by atoms with Crippen molar-refractivity contribution in [2.24, 2.45) is 0 Å². The lowest BCUT2D eigenvalue weighted by Crippen LogP contribution is -2.44. The van der Waals surface area contributed by atoms with Crippen molar-refractivity contribution in [1.82, 2.24) is 0 Å². The molecule has 9 heteroatoms. The normalized spacial score (nSPS) is 28.6. The largest absolute Gasteiger partial charge is 0.532 e. The Morgan fingerprint density at radius 3 is 2.41 bits per heavy atom. The summed E-state index contributed by atoms with van der Waals surface area (Å²) < 4.78 is 41.4. The second-order valence-corrected chi connectivity index (χ2v) is 12.0. The average Bonchev–Trinajstić information content (AvgIpc) is 2.66. The quantitative estimate of drug-likeness (QED) is 0.497. The Balaban J connectivity index is 1.82. The zero-order valence-corrected chi connectivity index (χ0v) is 20.9. The highest BCUT2D eigenvalue weighted by Crippen LogP contribution is 2.58. The van der Waals surface area contributed by atoms with Gasteiger partial charge in [-0.1, -0.05) is 47.6 Å². The van der Waals surface area contributed by atoms with Gasteiger partial charge in [0, 0.05) is 24.5 Å². The summed E-state index contributed by atoms with van der Waals surface area (Å²) in [4.78, 5) is 11.3. The molecule has 0 aliphatic carbocycles. The van der Waals surface area contributed by atoms with Crippen LogP contribution in [0.5, 0.6) is 5.75 Å². The number of hydrogen-bond donors (Lipinski definition) is 1. The Labute approximate surface area is 190 Å². The van der Waals surface area contributed by atoms with Crippen molar-refractivity contribution in [1.29, 1.82) is 0 Å². The van der Waals surface area contributed by atoms with Crippen molar-refractivity contribution >= 4 is 13.8 Å². The third kappa shape index (κ3) is 5.72. The highest BCUT2D eigenvalue weighted by Gasteiger charge is 2.43.